The van der Waals surface area contributed by atoms with Gasteiger partial charge in [0, 0.05) is 18.2 Å². The molecule has 0 radical (unpaired) electrons. The van der Waals surface area contributed by atoms with Crippen LogP contribution in [0.15, 0.2) is 24.3 Å². The molecule has 0 saturated carbocycles. The van der Waals surface area contributed by atoms with Crippen LogP contribution in [0.2, 0.25) is 0 Å². The number of unbranched alkanes of at least 4 members (excludes halogenated alkanes) is 3. The smallest absolute Gasteiger partial charge is 0.336 e. The molecule has 0 saturated heterocycles. The summed E-state index contributed by atoms with van der Waals surface area (Å²) < 4.78 is 4.88. The number of rotatable bonds is 10. The van der Waals surface area contributed by atoms with Crippen molar-refractivity contribution in [3.8, 4) is 5.75 Å². The van der Waals surface area contributed by atoms with Crippen LogP contribution in [0.1, 0.15) is 64.4 Å². The fourth-order valence-corrected chi connectivity index (χ4v) is 2.59. The zero-order valence-corrected chi connectivity index (χ0v) is 15.3. The molecule has 0 aliphatic heterocycles. The summed E-state index contributed by atoms with van der Waals surface area (Å²) in [6.45, 7) is 5.54. The zero-order valence-electron chi connectivity index (χ0n) is 15.3. The highest BCUT2D eigenvalue weighted by atomic mass is 16.6. The lowest BCUT2D eigenvalue weighted by Gasteiger charge is -2.13. The molecule has 1 rings (SSSR count). The fraction of sp³-hybridized carbons (Fsp3) is 0.500. The molecule has 0 aliphatic carbocycles. The molecule has 8 nitrogen and oxygen atoms in total. The van der Waals surface area contributed by atoms with Gasteiger partial charge in [-0.25, -0.2) is 4.79 Å². The average Bonchev–Trinajstić information content (AvgIpc) is 2.58. The van der Waals surface area contributed by atoms with Gasteiger partial charge in [-0.15, -0.1) is 0 Å². The number of hydrogen-bond donors (Lipinski definition) is 0. The Balaban J connectivity index is 3.25. The van der Waals surface area contributed by atoms with Gasteiger partial charge >= 0.3 is 17.3 Å². The van der Waals surface area contributed by atoms with Gasteiger partial charge < -0.3 is 4.74 Å². The second kappa shape index (κ2) is 10.3. The molecule has 0 fully saturated rings. The van der Waals surface area contributed by atoms with Crippen LogP contribution in [-0.4, -0.2) is 15.8 Å². The van der Waals surface area contributed by atoms with E-state index in [1.165, 1.54) is 18.2 Å². The zero-order chi connectivity index (χ0) is 19.7. The van der Waals surface area contributed by atoms with E-state index in [0.717, 1.165) is 38.2 Å². The van der Waals surface area contributed by atoms with E-state index < -0.39 is 32.9 Å². The molecule has 0 aromatic heterocycles. The molecule has 0 amide bonds. The molecule has 0 spiro atoms. The fourth-order valence-electron chi connectivity index (χ4n) is 2.59. The van der Waals surface area contributed by atoms with Crippen LogP contribution in [0, 0.1) is 20.2 Å². The number of carbonyl (C=O) groups is 1. The molecule has 0 heterocycles. The number of ether oxygens (including phenoxy) is 1. The first-order valence-corrected chi connectivity index (χ1v) is 8.63. The maximum Gasteiger partial charge on any atom is 0.336 e. The molecule has 8 heteroatoms. The lowest BCUT2D eigenvalue weighted by Crippen LogP contribution is -2.09. The predicted molar refractivity (Wildman–Crippen MR) is 97.4 cm³/mol. The van der Waals surface area contributed by atoms with Crippen LogP contribution < -0.4 is 4.74 Å². The molecule has 1 atom stereocenters. The molecule has 0 bridgehead atoms. The second-order valence-electron chi connectivity index (χ2n) is 6.07. The third-order valence-electron chi connectivity index (χ3n) is 4.03. The summed E-state index contributed by atoms with van der Waals surface area (Å²) in [5.41, 5.74) is -0.661. The number of nitro benzene ring substituents is 2. The third-order valence-corrected chi connectivity index (χ3v) is 4.03. The minimum absolute atomic E-state index is 0.0791. The van der Waals surface area contributed by atoms with Gasteiger partial charge in [0.25, 0.3) is 5.75 Å². The maximum atomic E-state index is 11.6. The normalized spacial score (nSPS) is 12.1. The quantitative estimate of drug-likeness (QED) is 0.143. The first-order valence-electron chi connectivity index (χ1n) is 8.63. The summed E-state index contributed by atoms with van der Waals surface area (Å²) in [7, 11) is 0. The van der Waals surface area contributed by atoms with Crippen LogP contribution >= 0.6 is 0 Å². The number of hydrogen-bond acceptors (Lipinski definition) is 6. The highest BCUT2D eigenvalue weighted by molar-refractivity contribution is 5.86. The van der Waals surface area contributed by atoms with E-state index in [9.17, 15) is 25.0 Å². The largest absolute Gasteiger partial charge is 0.409 e. The molecule has 1 aromatic carbocycles. The van der Waals surface area contributed by atoms with E-state index in [4.69, 9.17) is 4.74 Å². The van der Waals surface area contributed by atoms with Crippen molar-refractivity contribution in [2.24, 2.45) is 0 Å². The monoisotopic (exact) mass is 364 g/mol. The van der Waals surface area contributed by atoms with E-state index in [2.05, 4.69) is 6.92 Å². The van der Waals surface area contributed by atoms with Crippen molar-refractivity contribution in [1.29, 1.82) is 0 Å². The van der Waals surface area contributed by atoms with Gasteiger partial charge in [-0.05, 0) is 24.8 Å². The highest BCUT2D eigenvalue weighted by Crippen LogP contribution is 2.40. The van der Waals surface area contributed by atoms with Crippen LogP contribution in [-0.2, 0) is 4.79 Å². The van der Waals surface area contributed by atoms with E-state index in [-0.39, 0.29) is 5.92 Å². The molecule has 0 N–H and O–H groups in total. The average molecular weight is 364 g/mol. The predicted octanol–water partition coefficient (Wildman–Crippen LogP) is 5.06. The first-order chi connectivity index (χ1) is 12.3. The first kappa shape index (κ1) is 21.3. The van der Waals surface area contributed by atoms with Crippen molar-refractivity contribution in [2.45, 2.75) is 58.8 Å². The summed E-state index contributed by atoms with van der Waals surface area (Å²) in [6.07, 6.45) is 7.37. The van der Waals surface area contributed by atoms with Crippen LogP contribution in [0.25, 0.3) is 0 Å². The number of benzene rings is 1. The Morgan fingerprint density at radius 2 is 1.73 bits per heavy atom. The molecule has 0 aliphatic rings. The summed E-state index contributed by atoms with van der Waals surface area (Å²) in [6, 6.07) is 2.52. The number of nitrogens with zero attached hydrogens (tertiary/aromatic N) is 2. The number of allylic oxidation sites excluding steroid dienone is 1. The molecule has 1 unspecified atom stereocenters. The molecule has 26 heavy (non-hydrogen) atoms. The minimum atomic E-state index is -0.904. The topological polar surface area (TPSA) is 113 Å². The van der Waals surface area contributed by atoms with Gasteiger partial charge in [-0.1, -0.05) is 45.6 Å². The van der Waals surface area contributed by atoms with Crippen LogP contribution in [0.5, 0.6) is 5.75 Å². The van der Waals surface area contributed by atoms with Gasteiger partial charge in [-0.2, -0.15) is 0 Å². The van der Waals surface area contributed by atoms with Crippen molar-refractivity contribution >= 4 is 17.3 Å². The summed E-state index contributed by atoms with van der Waals surface area (Å²) in [5, 5.41) is 22.8. The molecular formula is C18H24N2O6. The minimum Gasteiger partial charge on any atom is -0.409 e. The van der Waals surface area contributed by atoms with Crippen molar-refractivity contribution in [3.63, 3.8) is 0 Å². The van der Waals surface area contributed by atoms with Gasteiger partial charge in [0.2, 0.25) is 0 Å². The Morgan fingerprint density at radius 3 is 2.19 bits per heavy atom. The van der Waals surface area contributed by atoms with E-state index in [1.807, 2.05) is 6.92 Å². The Kier molecular flexibility index (Phi) is 8.41. The maximum absolute atomic E-state index is 11.6. The van der Waals surface area contributed by atoms with Crippen molar-refractivity contribution in [1.82, 2.24) is 0 Å². The molecule has 1 aromatic rings. The number of carbonyl (C=O) groups excluding carboxylic acids is 1. The molecular weight excluding hydrogens is 340 g/mol. The summed E-state index contributed by atoms with van der Waals surface area (Å²) in [4.78, 5) is 32.9. The highest BCUT2D eigenvalue weighted by Gasteiger charge is 2.31. The Labute approximate surface area is 152 Å². The summed E-state index contributed by atoms with van der Waals surface area (Å²) >= 11 is 0. The Hall–Kier alpha value is -2.77. The van der Waals surface area contributed by atoms with Crippen molar-refractivity contribution < 1.29 is 19.4 Å². The van der Waals surface area contributed by atoms with Gasteiger partial charge in [0.05, 0.1) is 9.85 Å². The van der Waals surface area contributed by atoms with Crippen LogP contribution in [0.4, 0.5) is 11.4 Å². The second-order valence-corrected chi connectivity index (χ2v) is 6.07. The van der Waals surface area contributed by atoms with Gasteiger partial charge in [0.15, 0.2) is 0 Å². The Morgan fingerprint density at radius 1 is 1.15 bits per heavy atom. The SMILES string of the molecule is C/C=C/C(=O)Oc1c([N+](=O)[O-])cc(C(C)CCCCCC)cc1[N+](=O)[O-]. The van der Waals surface area contributed by atoms with E-state index >= 15 is 0 Å². The Bertz CT molecular complexity index is 664. The van der Waals surface area contributed by atoms with E-state index in [0.29, 0.717) is 5.56 Å². The van der Waals surface area contributed by atoms with Crippen molar-refractivity contribution in [3.05, 3.63) is 50.1 Å². The van der Waals surface area contributed by atoms with Gasteiger partial charge in [-0.3, -0.25) is 20.2 Å². The lowest BCUT2D eigenvalue weighted by molar-refractivity contribution is -0.395. The number of esters is 1. The van der Waals surface area contributed by atoms with Crippen molar-refractivity contribution in [2.75, 3.05) is 0 Å². The third kappa shape index (κ3) is 5.94. The molecule has 142 valence electrons. The standard InChI is InChI=1S/C18H24N2O6/c1-4-6-7-8-10-13(3)14-11-15(19(22)23)18(16(12-14)20(24)25)26-17(21)9-5-2/h5,9,11-13H,4,6-8,10H2,1-3H3/b9-5+. The number of nitro groups is 2. The van der Waals surface area contributed by atoms with E-state index in [1.54, 1.807) is 6.92 Å². The van der Waals surface area contributed by atoms with Gasteiger partial charge in [0.1, 0.15) is 0 Å². The van der Waals surface area contributed by atoms with Crippen LogP contribution in [0.3, 0.4) is 0 Å². The lowest BCUT2D eigenvalue weighted by atomic mass is 9.93. The summed E-state index contributed by atoms with van der Waals surface area (Å²) in [5.74, 6) is -1.62.